The summed E-state index contributed by atoms with van der Waals surface area (Å²) in [6.07, 6.45) is 2.10. The van der Waals surface area contributed by atoms with Crippen molar-refractivity contribution in [3.8, 4) is 5.75 Å². The highest BCUT2D eigenvalue weighted by Gasteiger charge is 2.05. The Morgan fingerprint density at radius 3 is 2.81 bits per heavy atom. The number of oxime groups is 1. The van der Waals surface area contributed by atoms with Gasteiger partial charge in [-0.1, -0.05) is 30.1 Å². The van der Waals surface area contributed by atoms with Crippen LogP contribution in [0.5, 0.6) is 5.75 Å². The Morgan fingerprint density at radius 2 is 2.25 bits per heavy atom. The topological polar surface area (TPSA) is 41.8 Å². The second-order valence-corrected chi connectivity index (χ2v) is 3.94. The summed E-state index contributed by atoms with van der Waals surface area (Å²) in [4.78, 5) is 0. The summed E-state index contributed by atoms with van der Waals surface area (Å²) in [6, 6.07) is 5.35. The molecule has 0 heterocycles. The van der Waals surface area contributed by atoms with E-state index in [4.69, 9.17) is 21.5 Å². The van der Waals surface area contributed by atoms with E-state index in [1.54, 1.807) is 19.1 Å². The molecule has 4 heteroatoms. The van der Waals surface area contributed by atoms with Gasteiger partial charge in [0, 0.05) is 5.56 Å². The van der Waals surface area contributed by atoms with Gasteiger partial charge in [-0.15, -0.1) is 0 Å². The summed E-state index contributed by atoms with van der Waals surface area (Å²) in [5.41, 5.74) is 1.32. The van der Waals surface area contributed by atoms with E-state index in [0.29, 0.717) is 23.1 Å². The van der Waals surface area contributed by atoms with Crippen molar-refractivity contribution in [2.45, 2.75) is 26.7 Å². The van der Waals surface area contributed by atoms with Gasteiger partial charge in [0.2, 0.25) is 0 Å². The molecule has 0 aliphatic heterocycles. The average Bonchev–Trinajstić information content (AvgIpc) is 2.30. The quantitative estimate of drug-likeness (QED) is 0.370. The van der Waals surface area contributed by atoms with E-state index in [9.17, 15) is 0 Å². The number of rotatable bonds is 5. The van der Waals surface area contributed by atoms with Gasteiger partial charge in [-0.05, 0) is 31.5 Å². The summed E-state index contributed by atoms with van der Waals surface area (Å²) in [6.45, 7) is 4.49. The number of hydrogen-bond acceptors (Lipinski definition) is 3. The summed E-state index contributed by atoms with van der Waals surface area (Å²) >= 11 is 6.05. The fraction of sp³-hybridized carbons (Fsp3) is 0.417. The highest BCUT2D eigenvalue weighted by atomic mass is 35.5. The van der Waals surface area contributed by atoms with Crippen molar-refractivity contribution >= 4 is 17.3 Å². The van der Waals surface area contributed by atoms with Gasteiger partial charge >= 0.3 is 0 Å². The predicted octanol–water partition coefficient (Wildman–Crippen LogP) is 3.72. The second kappa shape index (κ2) is 6.38. The van der Waals surface area contributed by atoms with Gasteiger partial charge < -0.3 is 9.94 Å². The normalized spacial score (nSPS) is 11.6. The average molecular weight is 242 g/mol. The lowest BCUT2D eigenvalue weighted by Gasteiger charge is -2.08. The van der Waals surface area contributed by atoms with Crippen molar-refractivity contribution in [3.63, 3.8) is 0 Å². The molecule has 1 N–H and O–H groups in total. The molecule has 0 aliphatic carbocycles. The van der Waals surface area contributed by atoms with Crippen LogP contribution in [0, 0.1) is 0 Å². The Kier molecular flexibility index (Phi) is 5.12. The summed E-state index contributed by atoms with van der Waals surface area (Å²) in [7, 11) is 0. The largest absolute Gasteiger partial charge is 0.492 e. The van der Waals surface area contributed by atoms with E-state index in [2.05, 4.69) is 12.1 Å². The highest BCUT2D eigenvalue weighted by molar-refractivity contribution is 6.32. The molecule has 1 aromatic carbocycles. The van der Waals surface area contributed by atoms with Crippen LogP contribution >= 0.6 is 11.6 Å². The van der Waals surface area contributed by atoms with Crippen molar-refractivity contribution in [2.75, 3.05) is 6.61 Å². The fourth-order valence-electron chi connectivity index (χ4n) is 1.23. The molecule has 0 aromatic heterocycles. The molecular weight excluding hydrogens is 226 g/mol. The van der Waals surface area contributed by atoms with E-state index in [1.807, 2.05) is 6.07 Å². The first-order valence-electron chi connectivity index (χ1n) is 5.30. The first kappa shape index (κ1) is 12.8. The minimum atomic E-state index is 0.530. The molecule has 0 aliphatic rings. The molecule has 0 fully saturated rings. The van der Waals surface area contributed by atoms with Crippen LogP contribution in [0.2, 0.25) is 5.02 Å². The Bertz CT molecular complexity index is 377. The van der Waals surface area contributed by atoms with E-state index < -0.39 is 0 Å². The van der Waals surface area contributed by atoms with Gasteiger partial charge in [-0.25, -0.2) is 0 Å². The second-order valence-electron chi connectivity index (χ2n) is 3.53. The highest BCUT2D eigenvalue weighted by Crippen LogP contribution is 2.25. The molecule has 0 bridgehead atoms. The third-order valence-corrected chi connectivity index (χ3v) is 2.55. The van der Waals surface area contributed by atoms with Crippen LogP contribution in [0.3, 0.4) is 0 Å². The van der Waals surface area contributed by atoms with Crippen molar-refractivity contribution in [3.05, 3.63) is 28.8 Å². The van der Waals surface area contributed by atoms with Gasteiger partial charge in [-0.2, -0.15) is 0 Å². The first-order valence-corrected chi connectivity index (χ1v) is 5.68. The molecule has 1 rings (SSSR count). The number of ether oxygens (including phenoxy) is 1. The zero-order valence-corrected chi connectivity index (χ0v) is 10.3. The molecule has 3 nitrogen and oxygen atoms in total. The summed E-state index contributed by atoms with van der Waals surface area (Å²) < 4.78 is 5.51. The van der Waals surface area contributed by atoms with Crippen LogP contribution in [0.1, 0.15) is 32.3 Å². The van der Waals surface area contributed by atoms with Crippen LogP contribution in [0.15, 0.2) is 23.4 Å². The van der Waals surface area contributed by atoms with E-state index in [-0.39, 0.29) is 0 Å². The van der Waals surface area contributed by atoms with Crippen molar-refractivity contribution in [1.82, 2.24) is 0 Å². The smallest absolute Gasteiger partial charge is 0.137 e. The van der Waals surface area contributed by atoms with Crippen LogP contribution in [0.25, 0.3) is 0 Å². The lowest BCUT2D eigenvalue weighted by Crippen LogP contribution is -1.99. The SMILES string of the molecule is CCCCOc1ccc(/C(C)=N/O)cc1Cl. The van der Waals surface area contributed by atoms with Crippen LogP contribution < -0.4 is 4.74 Å². The third kappa shape index (κ3) is 3.42. The molecule has 0 amide bonds. The van der Waals surface area contributed by atoms with Gasteiger partial charge in [0.15, 0.2) is 0 Å². The summed E-state index contributed by atoms with van der Waals surface area (Å²) in [5, 5.41) is 12.3. The maximum absolute atomic E-state index is 8.64. The number of hydrogen-bond donors (Lipinski definition) is 1. The fourth-order valence-corrected chi connectivity index (χ4v) is 1.46. The molecule has 88 valence electrons. The van der Waals surface area contributed by atoms with Gasteiger partial charge in [0.1, 0.15) is 5.75 Å². The Balaban J connectivity index is 2.75. The molecule has 0 radical (unpaired) electrons. The molecule has 0 unspecified atom stereocenters. The van der Waals surface area contributed by atoms with Crippen LogP contribution in [0.4, 0.5) is 0 Å². The Hall–Kier alpha value is -1.22. The number of unbranched alkanes of at least 4 members (excludes halogenated alkanes) is 1. The zero-order chi connectivity index (χ0) is 12.0. The number of nitrogens with zero attached hydrogens (tertiary/aromatic N) is 1. The van der Waals surface area contributed by atoms with Crippen LogP contribution in [-0.4, -0.2) is 17.5 Å². The Morgan fingerprint density at radius 1 is 1.50 bits per heavy atom. The lowest BCUT2D eigenvalue weighted by atomic mass is 10.1. The van der Waals surface area contributed by atoms with Gasteiger partial charge in [0.25, 0.3) is 0 Å². The molecule has 0 saturated heterocycles. The van der Waals surface area contributed by atoms with Gasteiger partial charge in [-0.3, -0.25) is 0 Å². The minimum absolute atomic E-state index is 0.530. The van der Waals surface area contributed by atoms with Crippen molar-refractivity contribution < 1.29 is 9.94 Å². The molecule has 0 atom stereocenters. The number of halogens is 1. The summed E-state index contributed by atoms with van der Waals surface area (Å²) in [5.74, 6) is 0.671. The maximum atomic E-state index is 8.64. The van der Waals surface area contributed by atoms with Gasteiger partial charge in [0.05, 0.1) is 17.3 Å². The van der Waals surface area contributed by atoms with E-state index >= 15 is 0 Å². The zero-order valence-electron chi connectivity index (χ0n) is 9.53. The minimum Gasteiger partial charge on any atom is -0.492 e. The molecule has 0 spiro atoms. The maximum Gasteiger partial charge on any atom is 0.137 e. The third-order valence-electron chi connectivity index (χ3n) is 2.26. The number of benzene rings is 1. The molecule has 16 heavy (non-hydrogen) atoms. The monoisotopic (exact) mass is 241 g/mol. The standard InChI is InChI=1S/C12H16ClNO2/c1-3-4-7-16-12-6-5-10(8-11(12)13)9(2)14-15/h5-6,8,15H,3-4,7H2,1-2H3/b14-9+. The lowest BCUT2D eigenvalue weighted by molar-refractivity contribution is 0.309. The predicted molar refractivity (Wildman–Crippen MR) is 65.9 cm³/mol. The van der Waals surface area contributed by atoms with Crippen LogP contribution in [-0.2, 0) is 0 Å². The van der Waals surface area contributed by atoms with Crippen molar-refractivity contribution in [1.29, 1.82) is 0 Å². The first-order chi connectivity index (χ1) is 7.69. The molecular formula is C12H16ClNO2. The molecule has 1 aromatic rings. The van der Waals surface area contributed by atoms with E-state index in [0.717, 1.165) is 18.4 Å². The van der Waals surface area contributed by atoms with E-state index in [1.165, 1.54) is 0 Å². The Labute approximate surface area is 101 Å². The van der Waals surface area contributed by atoms with Crippen molar-refractivity contribution in [2.24, 2.45) is 5.16 Å². The molecule has 0 saturated carbocycles.